The Kier molecular flexibility index (Phi) is 5.87. The van der Waals surface area contributed by atoms with Crippen molar-refractivity contribution in [2.45, 2.75) is 33.7 Å². The van der Waals surface area contributed by atoms with Crippen molar-refractivity contribution in [2.75, 3.05) is 26.7 Å². The van der Waals surface area contributed by atoms with E-state index in [9.17, 15) is 0 Å². The topological polar surface area (TPSA) is 38.5 Å². The molecule has 1 atom stereocenters. The summed E-state index contributed by atoms with van der Waals surface area (Å²) < 4.78 is 5.42. The van der Waals surface area contributed by atoms with Crippen LogP contribution >= 0.6 is 12.4 Å². The summed E-state index contributed by atoms with van der Waals surface area (Å²) >= 11 is 0. The molecule has 114 valence electrons. The molecule has 3 nitrogen and oxygen atoms in total. The van der Waals surface area contributed by atoms with Gasteiger partial charge >= 0.3 is 0 Å². The molecule has 2 N–H and O–H groups in total. The van der Waals surface area contributed by atoms with Crippen molar-refractivity contribution in [1.29, 1.82) is 0 Å². The molecule has 0 saturated carbocycles. The van der Waals surface area contributed by atoms with Gasteiger partial charge < -0.3 is 10.5 Å². The number of hydrogen-bond donors (Lipinski definition) is 1. The van der Waals surface area contributed by atoms with Crippen molar-refractivity contribution in [3.05, 3.63) is 28.8 Å². The van der Waals surface area contributed by atoms with Gasteiger partial charge in [0.05, 0.1) is 7.11 Å². The molecule has 0 aromatic heterocycles. The zero-order valence-corrected chi connectivity index (χ0v) is 13.8. The van der Waals surface area contributed by atoms with Crippen molar-refractivity contribution >= 4 is 12.4 Å². The Balaban J connectivity index is 0.00000200. The molecule has 1 saturated heterocycles. The summed E-state index contributed by atoms with van der Waals surface area (Å²) in [7, 11) is 1.74. The molecule has 0 aliphatic carbocycles. The van der Waals surface area contributed by atoms with Crippen LogP contribution in [0.3, 0.4) is 0 Å². The van der Waals surface area contributed by atoms with Crippen LogP contribution in [0, 0.1) is 19.3 Å². The van der Waals surface area contributed by atoms with E-state index in [4.69, 9.17) is 10.5 Å². The largest absolute Gasteiger partial charge is 0.496 e. The zero-order chi connectivity index (χ0) is 14.0. The van der Waals surface area contributed by atoms with E-state index in [2.05, 4.69) is 37.8 Å². The first-order chi connectivity index (χ1) is 8.97. The molecule has 1 aliphatic rings. The van der Waals surface area contributed by atoms with Gasteiger partial charge in [-0.3, -0.25) is 4.90 Å². The number of aryl methyl sites for hydroxylation is 2. The summed E-state index contributed by atoms with van der Waals surface area (Å²) in [6, 6.07) is 4.48. The van der Waals surface area contributed by atoms with Crippen LogP contribution in [0.25, 0.3) is 0 Å². The van der Waals surface area contributed by atoms with Crippen LogP contribution in [0.1, 0.15) is 30.0 Å². The standard InChI is InChI=1S/C16H26N2O.ClH/c1-12-7-14(8-13(2)15(12)19-4)9-18-6-5-16(3,10-17)11-18;/h7-8H,5-6,9-11,17H2,1-4H3;1H. The molecule has 0 spiro atoms. The first kappa shape index (κ1) is 17.3. The second-order valence-electron chi connectivity index (χ2n) is 6.24. The van der Waals surface area contributed by atoms with Crippen molar-refractivity contribution in [3.63, 3.8) is 0 Å². The predicted octanol–water partition coefficient (Wildman–Crippen LogP) is 2.90. The van der Waals surface area contributed by atoms with Gasteiger partial charge in [-0.25, -0.2) is 0 Å². The Morgan fingerprint density at radius 3 is 2.35 bits per heavy atom. The molecule has 1 heterocycles. The molecule has 1 aromatic rings. The smallest absolute Gasteiger partial charge is 0.124 e. The highest BCUT2D eigenvalue weighted by Crippen LogP contribution is 2.31. The van der Waals surface area contributed by atoms with E-state index in [0.717, 1.165) is 31.9 Å². The van der Waals surface area contributed by atoms with Crippen LogP contribution in [0.2, 0.25) is 0 Å². The van der Waals surface area contributed by atoms with E-state index >= 15 is 0 Å². The van der Waals surface area contributed by atoms with Gasteiger partial charge in [0, 0.05) is 13.1 Å². The van der Waals surface area contributed by atoms with Crippen LogP contribution in [-0.2, 0) is 6.54 Å². The molecule has 1 fully saturated rings. The van der Waals surface area contributed by atoms with Gasteiger partial charge in [0.25, 0.3) is 0 Å². The minimum Gasteiger partial charge on any atom is -0.496 e. The first-order valence-electron chi connectivity index (χ1n) is 7.04. The first-order valence-corrected chi connectivity index (χ1v) is 7.04. The summed E-state index contributed by atoms with van der Waals surface area (Å²) in [5.41, 5.74) is 9.98. The molecular formula is C16H27ClN2O. The van der Waals surface area contributed by atoms with Gasteiger partial charge in [-0.1, -0.05) is 19.1 Å². The lowest BCUT2D eigenvalue weighted by Gasteiger charge is -2.23. The fourth-order valence-corrected chi connectivity index (χ4v) is 3.14. The van der Waals surface area contributed by atoms with Crippen molar-refractivity contribution in [3.8, 4) is 5.75 Å². The molecule has 20 heavy (non-hydrogen) atoms. The number of ether oxygens (including phenoxy) is 1. The van der Waals surface area contributed by atoms with Crippen LogP contribution in [-0.4, -0.2) is 31.6 Å². The van der Waals surface area contributed by atoms with E-state index < -0.39 is 0 Å². The average Bonchev–Trinajstić information content (AvgIpc) is 2.71. The Bertz CT molecular complexity index is 441. The summed E-state index contributed by atoms with van der Waals surface area (Å²) in [4.78, 5) is 2.51. The van der Waals surface area contributed by atoms with Gasteiger partial charge in [-0.15, -0.1) is 12.4 Å². The molecular weight excluding hydrogens is 272 g/mol. The summed E-state index contributed by atoms with van der Waals surface area (Å²) in [5, 5.41) is 0. The number of likely N-dealkylation sites (tertiary alicyclic amines) is 1. The van der Waals surface area contributed by atoms with E-state index in [0.29, 0.717) is 5.41 Å². The summed E-state index contributed by atoms with van der Waals surface area (Å²) in [6.45, 7) is 10.6. The Hall–Kier alpha value is -0.770. The molecule has 2 rings (SSSR count). The van der Waals surface area contributed by atoms with E-state index in [1.807, 2.05) is 0 Å². The average molecular weight is 299 g/mol. The highest BCUT2D eigenvalue weighted by Gasteiger charge is 2.32. The predicted molar refractivity (Wildman–Crippen MR) is 86.8 cm³/mol. The lowest BCUT2D eigenvalue weighted by molar-refractivity contribution is 0.274. The minimum absolute atomic E-state index is 0. The van der Waals surface area contributed by atoms with Crippen LogP contribution in [0.4, 0.5) is 0 Å². The second kappa shape index (κ2) is 6.79. The van der Waals surface area contributed by atoms with E-state index in [1.165, 1.54) is 23.1 Å². The van der Waals surface area contributed by atoms with Crippen molar-refractivity contribution in [1.82, 2.24) is 4.90 Å². The molecule has 1 aromatic carbocycles. The Labute approximate surface area is 128 Å². The van der Waals surface area contributed by atoms with Crippen molar-refractivity contribution < 1.29 is 4.74 Å². The lowest BCUT2D eigenvalue weighted by Crippen LogP contribution is -2.31. The molecule has 1 aliphatic heterocycles. The summed E-state index contributed by atoms with van der Waals surface area (Å²) in [5.74, 6) is 1.01. The SMILES string of the molecule is COc1c(C)cc(CN2CCC(C)(CN)C2)cc1C.Cl. The van der Waals surface area contributed by atoms with Gasteiger partial charge in [0.15, 0.2) is 0 Å². The third-order valence-electron chi connectivity index (χ3n) is 4.26. The minimum atomic E-state index is 0. The highest BCUT2D eigenvalue weighted by molar-refractivity contribution is 5.85. The van der Waals surface area contributed by atoms with Crippen LogP contribution < -0.4 is 10.5 Å². The van der Waals surface area contributed by atoms with Gasteiger partial charge in [-0.05, 0) is 55.5 Å². The fourth-order valence-electron chi connectivity index (χ4n) is 3.14. The maximum atomic E-state index is 5.87. The fraction of sp³-hybridized carbons (Fsp3) is 0.625. The Morgan fingerprint density at radius 2 is 1.90 bits per heavy atom. The zero-order valence-electron chi connectivity index (χ0n) is 13.0. The molecule has 0 amide bonds. The van der Waals surface area contributed by atoms with Gasteiger partial charge in [-0.2, -0.15) is 0 Å². The van der Waals surface area contributed by atoms with E-state index in [1.54, 1.807) is 7.11 Å². The maximum absolute atomic E-state index is 5.87. The van der Waals surface area contributed by atoms with Gasteiger partial charge in [0.1, 0.15) is 5.75 Å². The third-order valence-corrected chi connectivity index (χ3v) is 4.26. The lowest BCUT2D eigenvalue weighted by atomic mass is 9.90. The number of methoxy groups -OCH3 is 1. The number of rotatable bonds is 4. The molecule has 0 radical (unpaired) electrons. The third kappa shape index (κ3) is 3.66. The quantitative estimate of drug-likeness (QED) is 0.929. The number of nitrogens with zero attached hydrogens (tertiary/aromatic N) is 1. The summed E-state index contributed by atoms with van der Waals surface area (Å²) in [6.07, 6.45) is 1.21. The molecule has 0 bridgehead atoms. The second-order valence-corrected chi connectivity index (χ2v) is 6.24. The van der Waals surface area contributed by atoms with Crippen LogP contribution in [0.5, 0.6) is 5.75 Å². The highest BCUT2D eigenvalue weighted by atomic mass is 35.5. The normalized spacial score (nSPS) is 22.6. The molecule has 1 unspecified atom stereocenters. The van der Waals surface area contributed by atoms with E-state index in [-0.39, 0.29) is 12.4 Å². The van der Waals surface area contributed by atoms with Crippen LogP contribution in [0.15, 0.2) is 12.1 Å². The number of nitrogens with two attached hydrogens (primary N) is 1. The molecule has 4 heteroatoms. The number of hydrogen-bond acceptors (Lipinski definition) is 3. The Morgan fingerprint density at radius 1 is 1.30 bits per heavy atom. The maximum Gasteiger partial charge on any atom is 0.124 e. The number of halogens is 1. The monoisotopic (exact) mass is 298 g/mol. The van der Waals surface area contributed by atoms with Gasteiger partial charge in [0.2, 0.25) is 0 Å². The van der Waals surface area contributed by atoms with Crippen molar-refractivity contribution in [2.24, 2.45) is 11.1 Å². The number of benzene rings is 1.